The maximum Gasteiger partial charge on any atom is 0.122 e. The van der Waals surface area contributed by atoms with E-state index < -0.39 is 0 Å². The van der Waals surface area contributed by atoms with Gasteiger partial charge in [-0.15, -0.1) is 11.3 Å². The third kappa shape index (κ3) is 3.85. The second-order valence-electron chi connectivity index (χ2n) is 3.88. The Labute approximate surface area is 102 Å². The normalized spacial score (nSPS) is 15.0. The zero-order valence-electron chi connectivity index (χ0n) is 10.6. The molecule has 0 aliphatic heterocycles. The van der Waals surface area contributed by atoms with Gasteiger partial charge in [-0.25, -0.2) is 4.98 Å². The molecule has 0 saturated heterocycles. The largest absolute Gasteiger partial charge is 0.372 e. The summed E-state index contributed by atoms with van der Waals surface area (Å²) in [6, 6.07) is 0.332. The van der Waals surface area contributed by atoms with Crippen molar-refractivity contribution in [2.45, 2.75) is 46.3 Å². The van der Waals surface area contributed by atoms with Gasteiger partial charge in [-0.1, -0.05) is 6.92 Å². The van der Waals surface area contributed by atoms with E-state index >= 15 is 0 Å². The molecule has 0 aromatic carbocycles. The third-order valence-corrected chi connectivity index (χ3v) is 3.47. The quantitative estimate of drug-likeness (QED) is 0.796. The summed E-state index contributed by atoms with van der Waals surface area (Å²) in [5, 5.41) is 6.63. The molecule has 1 rings (SSSR count). The molecule has 0 aliphatic carbocycles. The Morgan fingerprint density at radius 3 is 2.81 bits per heavy atom. The molecule has 0 fully saturated rings. The zero-order chi connectivity index (χ0) is 12.0. The fourth-order valence-electron chi connectivity index (χ4n) is 1.47. The average Bonchev–Trinajstić information content (AvgIpc) is 2.75. The Balaban J connectivity index is 2.56. The van der Waals surface area contributed by atoms with Gasteiger partial charge in [-0.05, 0) is 33.7 Å². The fourth-order valence-corrected chi connectivity index (χ4v) is 2.39. The van der Waals surface area contributed by atoms with Gasteiger partial charge >= 0.3 is 0 Å². The van der Waals surface area contributed by atoms with Crippen LogP contribution in [0, 0.1) is 0 Å². The van der Waals surface area contributed by atoms with Gasteiger partial charge in [0.2, 0.25) is 0 Å². The second-order valence-corrected chi connectivity index (χ2v) is 4.77. The van der Waals surface area contributed by atoms with Gasteiger partial charge in [0.15, 0.2) is 0 Å². The predicted molar refractivity (Wildman–Crippen MR) is 68.9 cm³/mol. The van der Waals surface area contributed by atoms with Crippen LogP contribution < -0.4 is 5.32 Å². The number of aromatic nitrogens is 1. The Hall–Kier alpha value is -0.450. The molecule has 92 valence electrons. The maximum atomic E-state index is 5.53. The first-order valence-electron chi connectivity index (χ1n) is 5.99. The highest BCUT2D eigenvalue weighted by molar-refractivity contribution is 7.09. The van der Waals surface area contributed by atoms with E-state index in [9.17, 15) is 0 Å². The summed E-state index contributed by atoms with van der Waals surface area (Å²) in [5.74, 6) is 0. The molecule has 4 heteroatoms. The van der Waals surface area contributed by atoms with E-state index in [0.717, 1.165) is 30.3 Å². The molecule has 0 aliphatic rings. The van der Waals surface area contributed by atoms with Crippen molar-refractivity contribution in [1.82, 2.24) is 10.3 Å². The Bertz CT molecular complexity index is 301. The lowest BCUT2D eigenvalue weighted by molar-refractivity contribution is 0.0760. The van der Waals surface area contributed by atoms with Crippen LogP contribution in [0.3, 0.4) is 0 Å². The van der Waals surface area contributed by atoms with Crippen molar-refractivity contribution in [3.63, 3.8) is 0 Å². The van der Waals surface area contributed by atoms with Gasteiger partial charge in [0.05, 0.1) is 5.69 Å². The van der Waals surface area contributed by atoms with Crippen LogP contribution in [0.2, 0.25) is 0 Å². The van der Waals surface area contributed by atoms with Crippen LogP contribution in [0.5, 0.6) is 0 Å². The molecule has 0 amide bonds. The summed E-state index contributed by atoms with van der Waals surface area (Å²) < 4.78 is 5.53. The predicted octanol–water partition coefficient (Wildman–Crippen LogP) is 3.30. The van der Waals surface area contributed by atoms with Crippen LogP contribution in [-0.4, -0.2) is 18.1 Å². The van der Waals surface area contributed by atoms with E-state index in [1.54, 1.807) is 11.3 Å². The highest BCUT2D eigenvalue weighted by atomic mass is 32.1. The average molecular weight is 242 g/mol. The van der Waals surface area contributed by atoms with Crippen LogP contribution in [0.1, 0.15) is 57.0 Å². The van der Waals surface area contributed by atoms with Crippen molar-refractivity contribution >= 4 is 11.3 Å². The number of hydrogen-bond acceptors (Lipinski definition) is 4. The smallest absolute Gasteiger partial charge is 0.122 e. The molecule has 0 saturated carbocycles. The lowest BCUT2D eigenvalue weighted by atomic mass is 10.2. The van der Waals surface area contributed by atoms with Crippen molar-refractivity contribution in [3.05, 3.63) is 16.1 Å². The summed E-state index contributed by atoms with van der Waals surface area (Å²) >= 11 is 1.68. The summed E-state index contributed by atoms with van der Waals surface area (Å²) in [4.78, 5) is 4.61. The molecular formula is C12H22N2OS. The number of thiazole rings is 1. The number of rotatable bonds is 7. The standard InChI is InChI=1S/C12H22N2OS/c1-5-7-13-9(3)11-8-16-12(14-11)10(4)15-6-2/h8-10,13H,5-7H2,1-4H3. The van der Waals surface area contributed by atoms with Crippen molar-refractivity contribution in [1.29, 1.82) is 0 Å². The summed E-state index contributed by atoms with van der Waals surface area (Å²) in [6.07, 6.45) is 1.26. The van der Waals surface area contributed by atoms with Gasteiger partial charge in [0.1, 0.15) is 11.1 Å². The summed E-state index contributed by atoms with van der Waals surface area (Å²) in [6.45, 7) is 10.2. The highest BCUT2D eigenvalue weighted by Gasteiger charge is 2.13. The Morgan fingerprint density at radius 2 is 2.19 bits per heavy atom. The van der Waals surface area contributed by atoms with Crippen molar-refractivity contribution in [2.24, 2.45) is 0 Å². The minimum absolute atomic E-state index is 0.113. The van der Waals surface area contributed by atoms with Gasteiger partial charge in [0.25, 0.3) is 0 Å². The maximum absolute atomic E-state index is 5.53. The van der Waals surface area contributed by atoms with E-state index in [0.29, 0.717) is 6.04 Å². The van der Waals surface area contributed by atoms with Gasteiger partial charge in [0, 0.05) is 18.0 Å². The molecule has 3 nitrogen and oxygen atoms in total. The molecule has 1 aromatic heterocycles. The van der Waals surface area contributed by atoms with Crippen LogP contribution >= 0.6 is 11.3 Å². The molecular weight excluding hydrogens is 220 g/mol. The van der Waals surface area contributed by atoms with Crippen LogP contribution in [0.15, 0.2) is 5.38 Å². The van der Waals surface area contributed by atoms with Gasteiger partial charge in [-0.2, -0.15) is 0 Å². The van der Waals surface area contributed by atoms with Crippen molar-refractivity contribution < 1.29 is 4.74 Å². The molecule has 2 atom stereocenters. The number of hydrogen-bond donors (Lipinski definition) is 1. The molecule has 0 bridgehead atoms. The van der Waals surface area contributed by atoms with E-state index in [1.807, 2.05) is 6.92 Å². The van der Waals surface area contributed by atoms with E-state index in [-0.39, 0.29) is 6.10 Å². The van der Waals surface area contributed by atoms with Gasteiger partial charge in [-0.3, -0.25) is 0 Å². The summed E-state index contributed by atoms with van der Waals surface area (Å²) in [7, 11) is 0. The van der Waals surface area contributed by atoms with Crippen molar-refractivity contribution in [3.8, 4) is 0 Å². The lowest BCUT2D eigenvalue weighted by Crippen LogP contribution is -2.19. The molecule has 1 N–H and O–H groups in total. The van der Waals surface area contributed by atoms with E-state index in [2.05, 4.69) is 36.5 Å². The lowest BCUT2D eigenvalue weighted by Gasteiger charge is -2.10. The fraction of sp³-hybridized carbons (Fsp3) is 0.750. The Morgan fingerprint density at radius 1 is 1.44 bits per heavy atom. The molecule has 0 radical (unpaired) electrons. The topological polar surface area (TPSA) is 34.1 Å². The first kappa shape index (κ1) is 13.6. The number of nitrogens with zero attached hydrogens (tertiary/aromatic N) is 1. The zero-order valence-corrected chi connectivity index (χ0v) is 11.4. The molecule has 2 unspecified atom stereocenters. The van der Waals surface area contributed by atoms with Crippen LogP contribution in [0.4, 0.5) is 0 Å². The van der Waals surface area contributed by atoms with Gasteiger partial charge < -0.3 is 10.1 Å². The third-order valence-electron chi connectivity index (χ3n) is 2.45. The van der Waals surface area contributed by atoms with Crippen LogP contribution in [0.25, 0.3) is 0 Å². The highest BCUT2D eigenvalue weighted by Crippen LogP contribution is 2.23. The second kappa shape index (κ2) is 6.99. The monoisotopic (exact) mass is 242 g/mol. The minimum atomic E-state index is 0.113. The Kier molecular flexibility index (Phi) is 5.95. The molecule has 16 heavy (non-hydrogen) atoms. The number of nitrogens with one attached hydrogen (secondary N) is 1. The van der Waals surface area contributed by atoms with E-state index in [1.165, 1.54) is 0 Å². The first-order chi connectivity index (χ1) is 7.69. The summed E-state index contributed by atoms with van der Waals surface area (Å²) in [5.41, 5.74) is 1.13. The minimum Gasteiger partial charge on any atom is -0.372 e. The first-order valence-corrected chi connectivity index (χ1v) is 6.87. The number of ether oxygens (including phenoxy) is 1. The molecule has 1 heterocycles. The van der Waals surface area contributed by atoms with E-state index in [4.69, 9.17) is 4.74 Å². The SMILES string of the molecule is CCCNC(C)c1csc(C(C)OCC)n1. The molecule has 1 aromatic rings. The molecule has 0 spiro atoms. The van der Waals surface area contributed by atoms with Crippen molar-refractivity contribution in [2.75, 3.05) is 13.2 Å². The van der Waals surface area contributed by atoms with Crippen LogP contribution in [-0.2, 0) is 4.74 Å².